The van der Waals surface area contributed by atoms with E-state index in [-0.39, 0.29) is 5.78 Å². The maximum atomic E-state index is 11.7. The van der Waals surface area contributed by atoms with Crippen LogP contribution in [0, 0.1) is 12.3 Å². The van der Waals surface area contributed by atoms with Crippen LogP contribution in [0.25, 0.3) is 0 Å². The predicted octanol–water partition coefficient (Wildman–Crippen LogP) is 3.41. The molecule has 1 nitrogen and oxygen atoms in total. The van der Waals surface area contributed by atoms with Gasteiger partial charge in [-0.2, -0.15) is 0 Å². The van der Waals surface area contributed by atoms with E-state index in [1.165, 1.54) is 0 Å². The Kier molecular flexibility index (Phi) is 6.44. The van der Waals surface area contributed by atoms with Crippen molar-refractivity contribution in [2.45, 2.75) is 19.3 Å². The van der Waals surface area contributed by atoms with Gasteiger partial charge in [-0.05, 0) is 18.6 Å². The van der Waals surface area contributed by atoms with E-state index in [2.05, 4.69) is 5.92 Å². The van der Waals surface area contributed by atoms with Crippen LogP contribution in [0.4, 0.5) is 0 Å². The largest absolute Gasteiger partial charge is 0.294 e. The lowest BCUT2D eigenvalue weighted by Gasteiger charge is -2.00. The van der Waals surface area contributed by atoms with Gasteiger partial charge in [0.15, 0.2) is 5.78 Å². The van der Waals surface area contributed by atoms with E-state index in [4.69, 9.17) is 6.42 Å². The SMILES string of the molecule is C#CCSCCCCC(=O)c1ccccc1. The Bertz CT molecular complexity index is 351. The van der Waals surface area contributed by atoms with Crippen LogP contribution >= 0.6 is 11.8 Å². The molecule has 0 fully saturated rings. The molecular formula is C14H16OS. The quantitative estimate of drug-likeness (QED) is 0.407. The third kappa shape index (κ3) is 5.04. The molecule has 84 valence electrons. The molecule has 1 rings (SSSR count). The summed E-state index contributed by atoms with van der Waals surface area (Å²) in [7, 11) is 0. The Balaban J connectivity index is 2.15. The molecule has 0 N–H and O–H groups in total. The van der Waals surface area contributed by atoms with Gasteiger partial charge in [-0.15, -0.1) is 18.2 Å². The van der Waals surface area contributed by atoms with E-state index in [0.29, 0.717) is 6.42 Å². The van der Waals surface area contributed by atoms with Crippen molar-refractivity contribution in [2.24, 2.45) is 0 Å². The van der Waals surface area contributed by atoms with Crippen LogP contribution in [0.3, 0.4) is 0 Å². The fourth-order valence-electron chi connectivity index (χ4n) is 1.39. The number of hydrogen-bond acceptors (Lipinski definition) is 2. The zero-order valence-corrected chi connectivity index (χ0v) is 10.1. The smallest absolute Gasteiger partial charge is 0.162 e. The minimum Gasteiger partial charge on any atom is -0.294 e. The van der Waals surface area contributed by atoms with Gasteiger partial charge in [0.1, 0.15) is 0 Å². The highest BCUT2D eigenvalue weighted by atomic mass is 32.2. The van der Waals surface area contributed by atoms with Gasteiger partial charge < -0.3 is 0 Å². The number of benzene rings is 1. The van der Waals surface area contributed by atoms with Gasteiger partial charge in [0.2, 0.25) is 0 Å². The number of ketones is 1. The van der Waals surface area contributed by atoms with E-state index in [1.54, 1.807) is 11.8 Å². The normalized spacial score (nSPS) is 9.69. The molecule has 0 radical (unpaired) electrons. The van der Waals surface area contributed by atoms with Gasteiger partial charge in [-0.1, -0.05) is 36.3 Å². The molecule has 0 saturated carbocycles. The highest BCUT2D eigenvalue weighted by Crippen LogP contribution is 2.09. The topological polar surface area (TPSA) is 17.1 Å². The Morgan fingerprint density at radius 1 is 1.25 bits per heavy atom. The predicted molar refractivity (Wildman–Crippen MR) is 70.8 cm³/mol. The summed E-state index contributed by atoms with van der Waals surface area (Å²) >= 11 is 1.75. The molecule has 0 atom stereocenters. The minimum absolute atomic E-state index is 0.238. The van der Waals surface area contributed by atoms with Gasteiger partial charge in [-0.25, -0.2) is 0 Å². The van der Waals surface area contributed by atoms with Gasteiger partial charge in [0.25, 0.3) is 0 Å². The summed E-state index contributed by atoms with van der Waals surface area (Å²) in [6, 6.07) is 9.46. The monoisotopic (exact) mass is 232 g/mol. The van der Waals surface area contributed by atoms with Crippen LogP contribution in [0.5, 0.6) is 0 Å². The number of carbonyl (C=O) groups excluding carboxylic acids is 1. The van der Waals surface area contributed by atoms with Crippen LogP contribution in [0.15, 0.2) is 30.3 Å². The van der Waals surface area contributed by atoms with Crippen LogP contribution < -0.4 is 0 Å². The van der Waals surface area contributed by atoms with Crippen LogP contribution in [-0.2, 0) is 0 Å². The first-order valence-electron chi connectivity index (χ1n) is 5.44. The van der Waals surface area contributed by atoms with E-state index < -0.39 is 0 Å². The fraction of sp³-hybridized carbons (Fsp3) is 0.357. The highest BCUT2D eigenvalue weighted by molar-refractivity contribution is 7.99. The van der Waals surface area contributed by atoms with Crippen molar-refractivity contribution < 1.29 is 4.79 Å². The molecule has 1 aromatic carbocycles. The molecule has 0 unspecified atom stereocenters. The van der Waals surface area contributed by atoms with Crippen molar-refractivity contribution in [3.63, 3.8) is 0 Å². The van der Waals surface area contributed by atoms with Gasteiger partial charge >= 0.3 is 0 Å². The Morgan fingerprint density at radius 3 is 2.69 bits per heavy atom. The Labute approximate surface area is 102 Å². The first-order valence-corrected chi connectivity index (χ1v) is 6.59. The lowest BCUT2D eigenvalue weighted by atomic mass is 10.1. The maximum Gasteiger partial charge on any atom is 0.162 e. The molecule has 16 heavy (non-hydrogen) atoms. The average molecular weight is 232 g/mol. The molecule has 2 heteroatoms. The molecule has 0 heterocycles. The lowest BCUT2D eigenvalue weighted by Crippen LogP contribution is -1.98. The van der Waals surface area contributed by atoms with Crippen molar-refractivity contribution >= 4 is 17.5 Å². The number of hydrogen-bond donors (Lipinski definition) is 0. The molecule has 0 spiro atoms. The van der Waals surface area contributed by atoms with Crippen molar-refractivity contribution in [1.29, 1.82) is 0 Å². The number of terminal acetylenes is 1. The average Bonchev–Trinajstić information content (AvgIpc) is 2.34. The molecule has 0 aliphatic rings. The van der Waals surface area contributed by atoms with Crippen LogP contribution in [0.2, 0.25) is 0 Å². The molecule has 0 saturated heterocycles. The number of rotatable bonds is 7. The third-order valence-corrected chi connectivity index (χ3v) is 3.17. The highest BCUT2D eigenvalue weighted by Gasteiger charge is 2.03. The summed E-state index contributed by atoms with van der Waals surface area (Å²) in [6.07, 6.45) is 7.79. The van der Waals surface area contributed by atoms with Crippen LogP contribution in [0.1, 0.15) is 29.6 Å². The molecule has 0 bridgehead atoms. The fourth-order valence-corrected chi connectivity index (χ4v) is 2.06. The van der Waals surface area contributed by atoms with Crippen LogP contribution in [-0.4, -0.2) is 17.3 Å². The number of unbranched alkanes of at least 4 members (excludes halogenated alkanes) is 1. The molecule has 0 amide bonds. The summed E-state index contributed by atoms with van der Waals surface area (Å²) < 4.78 is 0. The second-order valence-electron chi connectivity index (χ2n) is 3.50. The number of thioether (sulfide) groups is 1. The van der Waals surface area contributed by atoms with Crippen molar-refractivity contribution in [2.75, 3.05) is 11.5 Å². The molecule has 0 aliphatic carbocycles. The van der Waals surface area contributed by atoms with Crippen molar-refractivity contribution in [3.05, 3.63) is 35.9 Å². The molecule has 0 aliphatic heterocycles. The second kappa shape index (κ2) is 8.01. The summed E-state index contributed by atoms with van der Waals surface area (Å²) in [5.74, 6) is 4.65. The standard InChI is InChI=1S/C14H16OS/c1-2-11-16-12-7-6-10-14(15)13-8-4-3-5-9-13/h1,3-5,8-9H,6-7,10-12H2. The molecule has 0 aromatic heterocycles. The second-order valence-corrected chi connectivity index (χ2v) is 4.61. The first kappa shape index (κ1) is 12.9. The van der Waals surface area contributed by atoms with E-state index in [1.807, 2.05) is 30.3 Å². The van der Waals surface area contributed by atoms with Gasteiger partial charge in [0.05, 0.1) is 5.75 Å². The van der Waals surface area contributed by atoms with E-state index >= 15 is 0 Å². The van der Waals surface area contributed by atoms with E-state index in [9.17, 15) is 4.79 Å². The summed E-state index contributed by atoms with van der Waals surface area (Å²) in [5, 5.41) is 0. The van der Waals surface area contributed by atoms with Gasteiger partial charge in [0, 0.05) is 12.0 Å². The number of carbonyl (C=O) groups is 1. The first-order chi connectivity index (χ1) is 7.84. The maximum absolute atomic E-state index is 11.7. The minimum atomic E-state index is 0.238. The molecular weight excluding hydrogens is 216 g/mol. The zero-order valence-electron chi connectivity index (χ0n) is 9.32. The third-order valence-electron chi connectivity index (χ3n) is 2.22. The zero-order chi connectivity index (χ0) is 11.6. The Morgan fingerprint density at radius 2 is 2.00 bits per heavy atom. The van der Waals surface area contributed by atoms with Crippen molar-refractivity contribution in [3.8, 4) is 12.3 Å². The summed E-state index contributed by atoms with van der Waals surface area (Å²) in [4.78, 5) is 11.7. The summed E-state index contributed by atoms with van der Waals surface area (Å²) in [6.45, 7) is 0. The lowest BCUT2D eigenvalue weighted by molar-refractivity contribution is 0.0980. The summed E-state index contributed by atoms with van der Waals surface area (Å²) in [5.41, 5.74) is 0.818. The Hall–Kier alpha value is -1.20. The molecule has 1 aromatic rings. The van der Waals surface area contributed by atoms with Gasteiger partial charge in [-0.3, -0.25) is 4.79 Å². The number of Topliss-reactive ketones (excluding diaryl/α,β-unsaturated/α-hetero) is 1. The van der Waals surface area contributed by atoms with Crippen molar-refractivity contribution in [1.82, 2.24) is 0 Å². The van der Waals surface area contributed by atoms with E-state index in [0.717, 1.165) is 29.9 Å².